The highest BCUT2D eigenvalue weighted by molar-refractivity contribution is 6.99. The summed E-state index contributed by atoms with van der Waals surface area (Å²) in [6.45, 7) is 5.75. The molecule has 4 saturated heterocycles. The lowest BCUT2D eigenvalue weighted by Crippen LogP contribution is -2.74. The van der Waals surface area contributed by atoms with E-state index in [0.717, 1.165) is 50.6 Å². The quantitative estimate of drug-likeness (QED) is 0.0183. The molecule has 22 nitrogen and oxygen atoms in total. The summed E-state index contributed by atoms with van der Waals surface area (Å²) in [5.74, 6) is -3.88. The Morgan fingerprint density at radius 2 is 0.897 bits per heavy atom. The van der Waals surface area contributed by atoms with E-state index in [4.69, 9.17) is 56.5 Å². The number of aliphatic hydroxyl groups excluding tert-OH is 1. The van der Waals surface area contributed by atoms with Gasteiger partial charge in [0, 0.05) is 17.8 Å². The first kappa shape index (κ1) is 73.6. The number of azide groups is 1. The molecule has 6 heterocycles. The summed E-state index contributed by atoms with van der Waals surface area (Å²) in [7, 11) is -3.59. The number of hydrogen-bond donors (Lipinski definition) is 1. The molecule has 0 aromatic heterocycles. The average molecular weight is 1470 g/mol. The summed E-state index contributed by atoms with van der Waals surface area (Å²) in [5, 5.41) is 19.4. The van der Waals surface area contributed by atoms with Crippen LogP contribution in [0.2, 0.25) is 5.04 Å². The molecule has 6 aliphatic heterocycles. The SMILES string of the molecule is CC(C)(C)[Si](O[C@@H]1[C@H](O)[C@H](O[C@H]2[C@H](OCc3ccccc3)[C@@H](N3C(=O)c4ccccc4C3=O)[C@H](O[C@H]3[C@H](OCc4ccccc4)[C@@H](N4C(=O)c5ccccc5C4=O)[C@H](N=[N+]=[N-])O[C@@H]3COCc3ccccc3)O[C@@H]2COCc2ccccc2)O[C@@H]2COC3(CCCCC3)O[C@@H]12)(c1ccccc1)c1ccccc1. The Bertz CT molecular complexity index is 4320. The lowest BCUT2D eigenvalue weighted by molar-refractivity contribution is -0.407. The van der Waals surface area contributed by atoms with Gasteiger partial charge in [0.05, 0.1) is 68.5 Å². The van der Waals surface area contributed by atoms with Gasteiger partial charge in [0.1, 0.15) is 73.1 Å². The van der Waals surface area contributed by atoms with E-state index in [1.165, 1.54) is 12.1 Å². The summed E-state index contributed by atoms with van der Waals surface area (Å²) in [4.78, 5) is 67.2. The lowest BCUT2D eigenvalue weighted by atomic mass is 9.90. The van der Waals surface area contributed by atoms with Gasteiger partial charge in [-0.3, -0.25) is 29.0 Å². The van der Waals surface area contributed by atoms with E-state index in [2.05, 4.69) is 55.1 Å². The van der Waals surface area contributed by atoms with Gasteiger partial charge >= 0.3 is 0 Å². The first-order chi connectivity index (χ1) is 52.2. The number of nitrogens with zero attached hydrogens (tertiary/aromatic N) is 5. The molecule has 554 valence electrons. The number of ether oxygens (including phenoxy) is 11. The number of rotatable bonds is 25. The van der Waals surface area contributed by atoms with Gasteiger partial charge in [-0.2, -0.15) is 0 Å². The third-order valence-electron chi connectivity index (χ3n) is 21.4. The van der Waals surface area contributed by atoms with Gasteiger partial charge in [0.25, 0.3) is 31.9 Å². The fourth-order valence-corrected chi connectivity index (χ4v) is 21.0. The smallest absolute Gasteiger partial charge is 0.262 e. The van der Waals surface area contributed by atoms with E-state index in [0.29, 0.717) is 24.0 Å². The van der Waals surface area contributed by atoms with Crippen molar-refractivity contribution in [2.45, 2.75) is 182 Å². The summed E-state index contributed by atoms with van der Waals surface area (Å²) in [6, 6.07) is 67.3. The van der Waals surface area contributed by atoms with E-state index >= 15 is 19.2 Å². The number of carbonyl (C=O) groups is 4. The standard InChI is InChI=1S/C84H87N5O17Si/c1-83(2,3)107(58-37-19-8-20-38-58,59-39-21-9-22-40-59)106-75-69(90)82(102-66-53-99-84(105-72(66)75)45-27-10-28-46-84)104-71-65(52-96-48-55-31-13-5-14-32-55)101-81(68(74(71)98-50-57-35-17-7-18-36-57)89-79(93)62-43-25-26-44-63(62)80(89)94)103-70-64(51-95-47-54-29-11-4-12-30-54)100-76(86-87-85)67(73(70)97-49-56-33-15-6-16-34-56)88-77(91)60-41-23-24-42-61(60)78(88)92/h4-9,11-26,29-44,64-76,81-82,90H,10,27-28,45-53H2,1-3H3/t64-,65-,66-,67-,68-,69+,70-,71-,72-,73-,74-,75-,76-,81+,82+/m1/s1. The van der Waals surface area contributed by atoms with Crippen LogP contribution >= 0.6 is 0 Å². The third-order valence-corrected chi connectivity index (χ3v) is 26.5. The van der Waals surface area contributed by atoms with Crippen LogP contribution < -0.4 is 10.4 Å². The Kier molecular flexibility index (Phi) is 22.3. The van der Waals surface area contributed by atoms with Crippen LogP contribution in [0.4, 0.5) is 0 Å². The largest absolute Gasteiger partial charge is 0.399 e. The molecule has 15 atom stereocenters. The van der Waals surface area contributed by atoms with Crippen LogP contribution in [0.5, 0.6) is 0 Å². The molecule has 7 aliphatic rings. The predicted octanol–water partition coefficient (Wildman–Crippen LogP) is 11.6. The molecule has 0 radical (unpaired) electrons. The highest BCUT2D eigenvalue weighted by Crippen LogP contribution is 2.47. The van der Waals surface area contributed by atoms with Crippen molar-refractivity contribution in [3.8, 4) is 0 Å². The molecule has 0 unspecified atom stereocenters. The monoisotopic (exact) mass is 1470 g/mol. The number of aliphatic hydroxyl groups is 1. The molecular formula is C84H87N5O17Si. The molecular weight excluding hydrogens is 1380 g/mol. The topological polar surface area (TPSA) is 255 Å². The zero-order valence-corrected chi connectivity index (χ0v) is 60.8. The van der Waals surface area contributed by atoms with E-state index in [9.17, 15) is 10.6 Å². The number of amides is 4. The molecule has 8 aromatic carbocycles. The molecule has 1 N–H and O–H groups in total. The Hall–Kier alpha value is -8.95. The fraction of sp³-hybridized carbons (Fsp3) is 0.381. The van der Waals surface area contributed by atoms with Gasteiger partial charge in [0.15, 0.2) is 24.6 Å². The molecule has 107 heavy (non-hydrogen) atoms. The van der Waals surface area contributed by atoms with Crippen LogP contribution in [0.3, 0.4) is 0 Å². The summed E-state index contributed by atoms with van der Waals surface area (Å²) >= 11 is 0. The molecule has 1 spiro atoms. The van der Waals surface area contributed by atoms with Crippen molar-refractivity contribution in [1.29, 1.82) is 0 Å². The van der Waals surface area contributed by atoms with Crippen LogP contribution in [0, 0.1) is 0 Å². The minimum absolute atomic E-state index is 0.0413. The fourth-order valence-electron chi connectivity index (χ4n) is 16.3. The van der Waals surface area contributed by atoms with Crippen molar-refractivity contribution in [1.82, 2.24) is 9.80 Å². The first-order valence-corrected chi connectivity index (χ1v) is 38.7. The minimum Gasteiger partial charge on any atom is -0.399 e. The maximum atomic E-state index is 15.9. The molecule has 5 fully saturated rings. The van der Waals surface area contributed by atoms with Crippen molar-refractivity contribution >= 4 is 42.3 Å². The van der Waals surface area contributed by atoms with Crippen molar-refractivity contribution in [3.05, 3.63) is 285 Å². The van der Waals surface area contributed by atoms with Gasteiger partial charge in [0.2, 0.25) is 0 Å². The number of hydrogen-bond acceptors (Lipinski definition) is 18. The van der Waals surface area contributed by atoms with Gasteiger partial charge in [-0.05, 0) is 80.3 Å². The summed E-state index contributed by atoms with van der Waals surface area (Å²) < 4.78 is 86.9. The van der Waals surface area contributed by atoms with E-state index in [1.54, 1.807) is 36.4 Å². The molecule has 4 amide bonds. The summed E-state index contributed by atoms with van der Waals surface area (Å²) in [5.41, 5.74) is 13.8. The van der Waals surface area contributed by atoms with Crippen LogP contribution in [-0.2, 0) is 83.0 Å². The Balaban J connectivity index is 0.890. The first-order valence-electron chi connectivity index (χ1n) is 36.8. The molecule has 1 saturated carbocycles. The number of benzene rings is 8. The Labute approximate surface area is 622 Å². The predicted molar refractivity (Wildman–Crippen MR) is 394 cm³/mol. The third kappa shape index (κ3) is 15.1. The Morgan fingerprint density at radius 1 is 0.495 bits per heavy atom. The zero-order chi connectivity index (χ0) is 73.7. The van der Waals surface area contributed by atoms with Crippen molar-refractivity contribution in [3.63, 3.8) is 0 Å². The lowest BCUT2D eigenvalue weighted by Gasteiger charge is -2.56. The molecule has 8 aromatic rings. The number of imide groups is 2. The molecule has 15 rings (SSSR count). The molecule has 23 heteroatoms. The normalized spacial score (nSPS) is 27.7. The van der Waals surface area contributed by atoms with Crippen LogP contribution in [0.25, 0.3) is 10.4 Å². The average Bonchev–Trinajstić information content (AvgIpc) is 1.62. The second kappa shape index (κ2) is 32.5. The van der Waals surface area contributed by atoms with Gasteiger partial charge in [-0.1, -0.05) is 239 Å². The van der Waals surface area contributed by atoms with Crippen molar-refractivity contribution < 1.29 is 80.8 Å². The van der Waals surface area contributed by atoms with E-state index in [-0.39, 0.29) is 68.5 Å². The van der Waals surface area contributed by atoms with Crippen molar-refractivity contribution in [2.75, 3.05) is 19.8 Å². The maximum absolute atomic E-state index is 15.9. The van der Waals surface area contributed by atoms with E-state index < -0.39 is 135 Å². The van der Waals surface area contributed by atoms with E-state index in [1.807, 2.05) is 158 Å². The number of carbonyl (C=O) groups excluding carboxylic acids is 4. The Morgan fingerprint density at radius 3 is 1.35 bits per heavy atom. The second-order valence-corrected chi connectivity index (χ2v) is 33.5. The van der Waals surface area contributed by atoms with Crippen molar-refractivity contribution in [2.24, 2.45) is 5.11 Å². The van der Waals surface area contributed by atoms with Crippen LogP contribution in [0.15, 0.2) is 236 Å². The van der Waals surface area contributed by atoms with Gasteiger partial charge in [-0.15, -0.1) is 0 Å². The van der Waals surface area contributed by atoms with Crippen LogP contribution in [0.1, 0.15) is 117 Å². The number of fused-ring (bicyclic) bond motifs is 3. The zero-order valence-electron chi connectivity index (χ0n) is 59.8. The highest BCUT2D eigenvalue weighted by atomic mass is 28.4. The van der Waals surface area contributed by atoms with Gasteiger partial charge in [-0.25, -0.2) is 0 Å². The van der Waals surface area contributed by atoms with Crippen LogP contribution in [-0.4, -0.2) is 164 Å². The highest BCUT2D eigenvalue weighted by Gasteiger charge is 2.64. The minimum atomic E-state index is -3.59. The second-order valence-electron chi connectivity index (χ2n) is 29.2. The summed E-state index contributed by atoms with van der Waals surface area (Å²) in [6.07, 6.45) is -14.4. The maximum Gasteiger partial charge on any atom is 0.262 e. The molecule has 0 bridgehead atoms. The molecule has 1 aliphatic carbocycles. The van der Waals surface area contributed by atoms with Gasteiger partial charge < -0.3 is 61.6 Å².